The van der Waals surface area contributed by atoms with Gasteiger partial charge in [0.15, 0.2) is 0 Å². The molecule has 2 unspecified atom stereocenters. The summed E-state index contributed by atoms with van der Waals surface area (Å²) in [6.45, 7) is 0.871. The summed E-state index contributed by atoms with van der Waals surface area (Å²) in [7, 11) is 3.70. The van der Waals surface area contributed by atoms with Crippen molar-refractivity contribution in [2.75, 3.05) is 20.1 Å². The Labute approximate surface area is 125 Å². The number of hydrogen-bond donors (Lipinski definition) is 2. The van der Waals surface area contributed by atoms with Gasteiger partial charge in [-0.1, -0.05) is 6.42 Å². The molecule has 1 fully saturated rings. The van der Waals surface area contributed by atoms with Gasteiger partial charge in [-0.25, -0.2) is 0 Å². The maximum atomic E-state index is 12.0. The summed E-state index contributed by atoms with van der Waals surface area (Å²) < 4.78 is 1.69. The number of carbonyl (C=O) groups is 2. The highest BCUT2D eigenvalue weighted by atomic mass is 16.2. The molecule has 1 aliphatic rings. The average molecular weight is 292 g/mol. The molecule has 116 valence electrons. The van der Waals surface area contributed by atoms with E-state index >= 15 is 0 Å². The van der Waals surface area contributed by atoms with Gasteiger partial charge in [-0.05, 0) is 44.5 Å². The van der Waals surface area contributed by atoms with Gasteiger partial charge in [0.25, 0.3) is 5.91 Å². The van der Waals surface area contributed by atoms with Crippen molar-refractivity contribution in [1.82, 2.24) is 14.8 Å². The van der Waals surface area contributed by atoms with Crippen molar-refractivity contribution >= 4 is 11.8 Å². The van der Waals surface area contributed by atoms with E-state index in [0.29, 0.717) is 24.2 Å². The van der Waals surface area contributed by atoms with E-state index in [1.54, 1.807) is 29.9 Å². The molecule has 1 aromatic heterocycles. The molecule has 0 aliphatic heterocycles. The number of nitrogens with zero attached hydrogens (tertiary/aromatic N) is 2. The van der Waals surface area contributed by atoms with Crippen LogP contribution in [-0.2, 0) is 11.8 Å². The molecular formula is C15H24N4O2. The number of amides is 2. The molecule has 1 saturated carbocycles. The highest BCUT2D eigenvalue weighted by molar-refractivity contribution is 6.04. The van der Waals surface area contributed by atoms with Crippen LogP contribution in [-0.4, -0.2) is 47.5 Å². The standard InChI is InChI=1S/C15H24N4O2/c1-18-8-4-7-13(18)15(21)17-14(20)10-19(2)12-6-3-5-11(12)9-16/h4,7-8,11-12H,3,5-6,9-10,16H2,1-2H3,(H,17,20,21). The Hall–Kier alpha value is -1.66. The molecule has 0 saturated heterocycles. The Bertz CT molecular complexity index is 512. The van der Waals surface area contributed by atoms with Crippen LogP contribution in [0, 0.1) is 5.92 Å². The van der Waals surface area contributed by atoms with Gasteiger partial charge in [-0.3, -0.25) is 19.8 Å². The van der Waals surface area contributed by atoms with Crippen molar-refractivity contribution in [3.63, 3.8) is 0 Å². The van der Waals surface area contributed by atoms with E-state index in [9.17, 15) is 9.59 Å². The summed E-state index contributed by atoms with van der Waals surface area (Å²) in [4.78, 5) is 26.0. The molecule has 6 heteroatoms. The number of aryl methyl sites for hydroxylation is 1. The van der Waals surface area contributed by atoms with Gasteiger partial charge in [-0.15, -0.1) is 0 Å². The minimum Gasteiger partial charge on any atom is -0.347 e. The smallest absolute Gasteiger partial charge is 0.274 e. The third kappa shape index (κ3) is 3.71. The third-order valence-electron chi connectivity index (χ3n) is 4.31. The molecule has 0 spiro atoms. The van der Waals surface area contributed by atoms with Crippen LogP contribution in [0.4, 0.5) is 0 Å². The molecule has 21 heavy (non-hydrogen) atoms. The van der Waals surface area contributed by atoms with Crippen molar-refractivity contribution in [2.45, 2.75) is 25.3 Å². The Balaban J connectivity index is 1.87. The first-order chi connectivity index (χ1) is 10.0. The van der Waals surface area contributed by atoms with Crippen LogP contribution in [0.3, 0.4) is 0 Å². The van der Waals surface area contributed by atoms with E-state index in [-0.39, 0.29) is 18.4 Å². The first-order valence-corrected chi connectivity index (χ1v) is 7.38. The van der Waals surface area contributed by atoms with Crippen LogP contribution in [0.2, 0.25) is 0 Å². The van der Waals surface area contributed by atoms with E-state index in [0.717, 1.165) is 19.3 Å². The fraction of sp³-hybridized carbons (Fsp3) is 0.600. The molecule has 2 atom stereocenters. The summed E-state index contributed by atoms with van der Waals surface area (Å²) in [6, 6.07) is 3.80. The van der Waals surface area contributed by atoms with E-state index in [4.69, 9.17) is 5.73 Å². The second-order valence-electron chi connectivity index (χ2n) is 5.79. The van der Waals surface area contributed by atoms with Crippen molar-refractivity contribution in [2.24, 2.45) is 18.7 Å². The van der Waals surface area contributed by atoms with Gasteiger partial charge >= 0.3 is 0 Å². The fourth-order valence-electron chi connectivity index (χ4n) is 3.14. The predicted octanol–water partition coefficient (Wildman–Crippen LogP) is 0.341. The SMILES string of the molecule is CN(CC(=O)NC(=O)c1cccn1C)C1CCCC1CN. The van der Waals surface area contributed by atoms with E-state index in [2.05, 4.69) is 5.32 Å². The number of rotatable bonds is 5. The molecular weight excluding hydrogens is 268 g/mol. The van der Waals surface area contributed by atoms with E-state index < -0.39 is 0 Å². The molecule has 6 nitrogen and oxygen atoms in total. The highest BCUT2D eigenvalue weighted by Crippen LogP contribution is 2.28. The Kier molecular flexibility index (Phi) is 5.14. The first-order valence-electron chi connectivity index (χ1n) is 7.38. The van der Waals surface area contributed by atoms with Crippen LogP contribution < -0.4 is 11.1 Å². The summed E-state index contributed by atoms with van der Waals surface area (Å²) in [5, 5.41) is 2.44. The van der Waals surface area contributed by atoms with E-state index in [1.165, 1.54) is 0 Å². The van der Waals surface area contributed by atoms with Gasteiger partial charge in [0, 0.05) is 19.3 Å². The second-order valence-corrected chi connectivity index (χ2v) is 5.79. The summed E-state index contributed by atoms with van der Waals surface area (Å²) in [5.74, 6) is -0.180. The summed E-state index contributed by atoms with van der Waals surface area (Å²) in [5.41, 5.74) is 6.25. The van der Waals surface area contributed by atoms with Crippen LogP contribution in [0.25, 0.3) is 0 Å². The predicted molar refractivity (Wildman–Crippen MR) is 80.7 cm³/mol. The lowest BCUT2D eigenvalue weighted by Gasteiger charge is -2.28. The highest BCUT2D eigenvalue weighted by Gasteiger charge is 2.30. The topological polar surface area (TPSA) is 80.4 Å². The van der Waals surface area contributed by atoms with Crippen LogP contribution >= 0.6 is 0 Å². The third-order valence-corrected chi connectivity index (χ3v) is 4.31. The minimum atomic E-state index is -0.359. The van der Waals surface area contributed by atoms with Gasteiger partial charge in [0.1, 0.15) is 5.69 Å². The van der Waals surface area contributed by atoms with Gasteiger partial charge in [0.2, 0.25) is 5.91 Å². The maximum absolute atomic E-state index is 12.0. The fourth-order valence-corrected chi connectivity index (χ4v) is 3.14. The summed E-state index contributed by atoms with van der Waals surface area (Å²) >= 11 is 0. The molecule has 0 aromatic carbocycles. The normalized spacial score (nSPS) is 21.7. The van der Waals surface area contributed by atoms with Crippen molar-refractivity contribution in [1.29, 1.82) is 0 Å². The minimum absolute atomic E-state index is 0.220. The number of aromatic nitrogens is 1. The summed E-state index contributed by atoms with van der Waals surface area (Å²) in [6.07, 6.45) is 5.11. The lowest BCUT2D eigenvalue weighted by Crippen LogP contribution is -2.45. The number of nitrogens with one attached hydrogen (secondary N) is 1. The molecule has 1 aromatic rings. The molecule has 3 N–H and O–H groups in total. The average Bonchev–Trinajstić information content (AvgIpc) is 3.06. The zero-order valence-electron chi connectivity index (χ0n) is 12.7. The Morgan fingerprint density at radius 1 is 1.48 bits per heavy atom. The van der Waals surface area contributed by atoms with E-state index in [1.807, 2.05) is 11.9 Å². The Morgan fingerprint density at radius 2 is 2.24 bits per heavy atom. The van der Waals surface area contributed by atoms with Gasteiger partial charge < -0.3 is 10.3 Å². The molecule has 0 bridgehead atoms. The van der Waals surface area contributed by atoms with Crippen LogP contribution in [0.1, 0.15) is 29.8 Å². The largest absolute Gasteiger partial charge is 0.347 e. The number of hydrogen-bond acceptors (Lipinski definition) is 4. The zero-order chi connectivity index (χ0) is 15.4. The number of likely N-dealkylation sites (N-methyl/N-ethyl adjacent to an activating group) is 1. The maximum Gasteiger partial charge on any atom is 0.274 e. The number of carbonyl (C=O) groups excluding carboxylic acids is 2. The lowest BCUT2D eigenvalue weighted by atomic mass is 10.0. The van der Waals surface area contributed by atoms with Crippen LogP contribution in [0.5, 0.6) is 0 Å². The number of nitrogens with two attached hydrogens (primary N) is 1. The lowest BCUT2D eigenvalue weighted by molar-refractivity contribution is -0.121. The van der Waals surface area contributed by atoms with Crippen molar-refractivity contribution in [3.05, 3.63) is 24.0 Å². The quantitative estimate of drug-likeness (QED) is 0.820. The first kappa shape index (κ1) is 15.7. The Morgan fingerprint density at radius 3 is 2.86 bits per heavy atom. The number of imide groups is 1. The van der Waals surface area contributed by atoms with Crippen LogP contribution in [0.15, 0.2) is 18.3 Å². The zero-order valence-corrected chi connectivity index (χ0v) is 12.7. The van der Waals surface area contributed by atoms with Gasteiger partial charge in [0.05, 0.1) is 6.54 Å². The molecule has 1 heterocycles. The molecule has 2 amide bonds. The molecule has 0 radical (unpaired) electrons. The van der Waals surface area contributed by atoms with Crippen molar-refractivity contribution < 1.29 is 9.59 Å². The molecule has 2 rings (SSSR count). The monoisotopic (exact) mass is 292 g/mol. The van der Waals surface area contributed by atoms with Gasteiger partial charge in [-0.2, -0.15) is 0 Å². The van der Waals surface area contributed by atoms with Crippen molar-refractivity contribution in [3.8, 4) is 0 Å². The molecule has 1 aliphatic carbocycles. The second kappa shape index (κ2) is 6.87.